The van der Waals surface area contributed by atoms with Crippen LogP contribution in [0, 0.1) is 16.6 Å². The van der Waals surface area contributed by atoms with Gasteiger partial charge in [-0.3, -0.25) is 4.79 Å². The van der Waals surface area contributed by atoms with Crippen LogP contribution in [0.2, 0.25) is 0 Å². The number of aliphatic hydroxyl groups excluding tert-OH is 1. The Labute approximate surface area is 199 Å². The number of rotatable bonds is 6. The minimum absolute atomic E-state index is 0.0336. The number of halogens is 1. The molecule has 2 heterocycles. The van der Waals surface area contributed by atoms with Crippen LogP contribution in [0.1, 0.15) is 62.1 Å². The van der Waals surface area contributed by atoms with E-state index in [0.29, 0.717) is 12.0 Å². The molecule has 2 atom stereocenters. The van der Waals surface area contributed by atoms with Crippen molar-refractivity contribution in [2.75, 3.05) is 0 Å². The molecule has 3 fully saturated rings. The molecule has 6 heteroatoms. The lowest BCUT2D eigenvalue weighted by Crippen LogP contribution is -2.53. The number of fused-ring (bicyclic) bond motifs is 6. The maximum atomic E-state index is 14.0. The van der Waals surface area contributed by atoms with Crippen LogP contribution in [0.5, 0.6) is 0 Å². The largest absolute Gasteiger partial charge is 0.392 e. The van der Waals surface area contributed by atoms with Crippen molar-refractivity contribution in [3.8, 4) is 11.3 Å². The summed E-state index contributed by atoms with van der Waals surface area (Å²) in [6.45, 7) is 0.218. The van der Waals surface area contributed by atoms with Gasteiger partial charge in [-0.2, -0.15) is 0 Å². The molecular formula is C28H30FN3O2. The Morgan fingerprint density at radius 1 is 1.09 bits per heavy atom. The van der Waals surface area contributed by atoms with Gasteiger partial charge in [-0.15, -0.1) is 0 Å². The summed E-state index contributed by atoms with van der Waals surface area (Å²) >= 11 is 0. The zero-order valence-corrected chi connectivity index (χ0v) is 19.2. The quantitative estimate of drug-likeness (QED) is 0.545. The molecule has 176 valence electrons. The number of carbonyl (C=O) groups is 1. The summed E-state index contributed by atoms with van der Waals surface area (Å²) in [5.74, 6) is -0.254. The Kier molecular flexibility index (Phi) is 5.10. The second-order valence-electron chi connectivity index (χ2n) is 10.5. The first-order valence-electron chi connectivity index (χ1n) is 12.3. The second kappa shape index (κ2) is 8.05. The van der Waals surface area contributed by atoms with Gasteiger partial charge in [0.1, 0.15) is 5.82 Å². The number of carbonyl (C=O) groups excluding carboxylic acids is 1. The number of hydrogen-bond acceptors (Lipinski definition) is 3. The summed E-state index contributed by atoms with van der Waals surface area (Å²) in [7, 11) is 0. The van der Waals surface area contributed by atoms with Gasteiger partial charge in [-0.25, -0.2) is 9.37 Å². The topological polar surface area (TPSA) is 67.2 Å². The highest BCUT2D eigenvalue weighted by molar-refractivity contribution is 5.83. The SMILES string of the molecule is O=C(NCc1ccccc1F)C12CCC(C(O)CC3c4ccccc4-c4cncn43)(CC1)CC2. The minimum atomic E-state index is -0.432. The molecular weight excluding hydrogens is 429 g/mol. The molecule has 2 unspecified atom stereocenters. The average Bonchev–Trinajstić information content (AvgIpc) is 3.47. The summed E-state index contributed by atoms with van der Waals surface area (Å²) in [5, 5.41) is 14.5. The molecule has 3 aliphatic carbocycles. The van der Waals surface area contributed by atoms with Gasteiger partial charge in [0, 0.05) is 23.1 Å². The summed E-state index contributed by atoms with van der Waals surface area (Å²) in [4.78, 5) is 17.5. The van der Waals surface area contributed by atoms with E-state index in [4.69, 9.17) is 0 Å². The number of imidazole rings is 1. The van der Waals surface area contributed by atoms with Crippen LogP contribution in [0.4, 0.5) is 4.39 Å². The Morgan fingerprint density at radius 2 is 1.79 bits per heavy atom. The van der Waals surface area contributed by atoms with E-state index in [1.165, 1.54) is 17.2 Å². The van der Waals surface area contributed by atoms with Gasteiger partial charge in [0.15, 0.2) is 0 Å². The third kappa shape index (κ3) is 3.30. The van der Waals surface area contributed by atoms with Crippen molar-refractivity contribution < 1.29 is 14.3 Å². The van der Waals surface area contributed by atoms with Crippen molar-refractivity contribution in [1.82, 2.24) is 14.9 Å². The first-order valence-corrected chi connectivity index (χ1v) is 12.3. The molecule has 0 spiro atoms. The summed E-state index contributed by atoms with van der Waals surface area (Å²) in [6.07, 6.45) is 8.91. The third-order valence-electron chi connectivity index (χ3n) is 8.93. The van der Waals surface area contributed by atoms with Crippen LogP contribution in [0.3, 0.4) is 0 Å². The Bertz CT molecular complexity index is 1210. The van der Waals surface area contributed by atoms with Crippen molar-refractivity contribution in [3.63, 3.8) is 0 Å². The molecule has 1 amide bonds. The van der Waals surface area contributed by atoms with E-state index in [9.17, 15) is 14.3 Å². The molecule has 0 radical (unpaired) electrons. The molecule has 1 aliphatic heterocycles. The molecule has 3 aromatic rings. The summed E-state index contributed by atoms with van der Waals surface area (Å²) < 4.78 is 16.1. The molecule has 34 heavy (non-hydrogen) atoms. The highest BCUT2D eigenvalue weighted by atomic mass is 19.1. The van der Waals surface area contributed by atoms with E-state index in [1.807, 2.05) is 18.6 Å². The normalized spacial score (nSPS) is 27.8. The molecule has 7 rings (SSSR count). The summed E-state index contributed by atoms with van der Waals surface area (Å²) in [5.41, 5.74) is 3.56. The van der Waals surface area contributed by atoms with Crippen LogP contribution < -0.4 is 5.32 Å². The van der Waals surface area contributed by atoms with Crippen LogP contribution in [-0.4, -0.2) is 26.7 Å². The number of hydrogen-bond donors (Lipinski definition) is 2. The maximum Gasteiger partial charge on any atom is 0.226 e. The predicted molar refractivity (Wildman–Crippen MR) is 127 cm³/mol. The van der Waals surface area contributed by atoms with E-state index in [1.54, 1.807) is 18.2 Å². The molecule has 2 N–H and O–H groups in total. The first-order chi connectivity index (χ1) is 16.5. The number of nitrogens with zero attached hydrogens (tertiary/aromatic N) is 2. The minimum Gasteiger partial charge on any atom is -0.392 e. The van der Waals surface area contributed by atoms with Gasteiger partial charge in [0.05, 0.1) is 30.4 Å². The number of benzene rings is 2. The lowest BCUT2D eigenvalue weighted by molar-refractivity contribution is -0.148. The first kappa shape index (κ1) is 21.5. The van der Waals surface area contributed by atoms with Crippen molar-refractivity contribution in [3.05, 3.63) is 78.0 Å². The lowest BCUT2D eigenvalue weighted by Gasteiger charge is -2.54. The van der Waals surface area contributed by atoms with E-state index in [-0.39, 0.29) is 35.1 Å². The van der Waals surface area contributed by atoms with Crippen LogP contribution in [-0.2, 0) is 11.3 Å². The number of nitrogens with one attached hydrogen (secondary N) is 1. The molecule has 1 aromatic heterocycles. The van der Waals surface area contributed by atoms with E-state index in [2.05, 4.69) is 33.1 Å². The highest BCUT2D eigenvalue weighted by Gasteiger charge is 2.55. The van der Waals surface area contributed by atoms with Crippen LogP contribution >= 0.6 is 0 Å². The Morgan fingerprint density at radius 3 is 2.56 bits per heavy atom. The van der Waals surface area contributed by atoms with Crippen molar-refractivity contribution in [2.24, 2.45) is 10.8 Å². The van der Waals surface area contributed by atoms with Crippen LogP contribution in [0.15, 0.2) is 61.1 Å². The fourth-order valence-electron chi connectivity index (χ4n) is 6.69. The molecule has 2 aromatic carbocycles. The fraction of sp³-hybridized carbons (Fsp3) is 0.429. The monoisotopic (exact) mass is 459 g/mol. The van der Waals surface area contributed by atoms with Gasteiger partial charge >= 0.3 is 0 Å². The van der Waals surface area contributed by atoms with Crippen molar-refractivity contribution >= 4 is 5.91 Å². The molecule has 4 aliphatic rings. The smallest absolute Gasteiger partial charge is 0.226 e. The highest BCUT2D eigenvalue weighted by Crippen LogP contribution is 2.59. The molecule has 0 saturated heterocycles. The molecule has 3 saturated carbocycles. The predicted octanol–water partition coefficient (Wildman–Crippen LogP) is 5.00. The standard InChI is InChI=1S/C28H30FN3O2/c29-22-8-4-1-5-19(22)16-31-26(34)28-12-9-27(10-13-28,11-14-28)25(33)15-23-20-6-2-3-7-21(20)24-17-30-18-32(23)24/h1-8,17-18,23,25,33H,9-16H2,(H,31,34). The van der Waals surface area contributed by atoms with Crippen molar-refractivity contribution in [1.29, 1.82) is 0 Å². The van der Waals surface area contributed by atoms with Gasteiger partial charge in [-0.05, 0) is 62.0 Å². The molecule has 2 bridgehead atoms. The van der Waals surface area contributed by atoms with Crippen LogP contribution in [0.25, 0.3) is 11.3 Å². The Hall–Kier alpha value is -2.99. The lowest BCUT2D eigenvalue weighted by atomic mass is 9.51. The van der Waals surface area contributed by atoms with E-state index in [0.717, 1.165) is 44.2 Å². The third-order valence-corrected chi connectivity index (χ3v) is 8.93. The van der Waals surface area contributed by atoms with Gasteiger partial charge in [-0.1, -0.05) is 42.5 Å². The molecule has 5 nitrogen and oxygen atoms in total. The van der Waals surface area contributed by atoms with E-state index >= 15 is 0 Å². The zero-order chi connectivity index (χ0) is 23.3. The summed E-state index contributed by atoms with van der Waals surface area (Å²) in [6, 6.07) is 15.1. The Balaban J connectivity index is 1.13. The maximum absolute atomic E-state index is 14.0. The van der Waals surface area contributed by atoms with Gasteiger partial charge < -0.3 is 15.0 Å². The average molecular weight is 460 g/mol. The fourth-order valence-corrected chi connectivity index (χ4v) is 6.69. The van der Waals surface area contributed by atoms with Gasteiger partial charge in [0.2, 0.25) is 5.91 Å². The van der Waals surface area contributed by atoms with Gasteiger partial charge in [0.25, 0.3) is 0 Å². The van der Waals surface area contributed by atoms with Crippen molar-refractivity contribution in [2.45, 2.75) is 63.6 Å². The van der Waals surface area contributed by atoms with E-state index < -0.39 is 6.10 Å². The number of aromatic nitrogens is 2. The number of amides is 1. The second-order valence-corrected chi connectivity index (χ2v) is 10.5. The number of aliphatic hydroxyl groups is 1. The zero-order valence-electron chi connectivity index (χ0n) is 19.2.